The quantitative estimate of drug-likeness (QED) is 0.477. The Balaban J connectivity index is 2.05. The molecule has 1 atom stereocenters. The van der Waals surface area contributed by atoms with E-state index in [1.54, 1.807) is 24.3 Å². The number of alkyl halides is 1. The standard InChI is InChI=1S/C21H23ClN2O5/c1-28-20(26)19(24-21(27)29-14-15-7-3-2-4-8-15)16-9-5-10-17(13-16)23-18(25)11-6-12-22/h2-5,7-10,13,19H,6,11-12,14H2,1H3,(H,23,25)(H,24,27)/t19-/m1/s1. The van der Waals surface area contributed by atoms with Gasteiger partial charge in [-0.2, -0.15) is 0 Å². The number of alkyl carbamates (subject to hydrolysis) is 1. The topological polar surface area (TPSA) is 93.7 Å². The molecule has 0 aliphatic rings. The second-order valence-electron chi connectivity index (χ2n) is 6.13. The SMILES string of the molecule is COC(=O)[C@H](NC(=O)OCc1ccccc1)c1cccc(NC(=O)CCCCl)c1. The van der Waals surface area contributed by atoms with E-state index in [1.165, 1.54) is 7.11 Å². The lowest BCUT2D eigenvalue weighted by Gasteiger charge is -2.18. The monoisotopic (exact) mass is 418 g/mol. The summed E-state index contributed by atoms with van der Waals surface area (Å²) in [6, 6.07) is 14.7. The Morgan fingerprint density at radius 2 is 1.83 bits per heavy atom. The van der Waals surface area contributed by atoms with Gasteiger partial charge in [0.15, 0.2) is 6.04 Å². The van der Waals surface area contributed by atoms with Crippen molar-refractivity contribution >= 4 is 35.3 Å². The first-order valence-corrected chi connectivity index (χ1v) is 9.57. The Bertz CT molecular complexity index is 829. The third-order valence-corrected chi connectivity index (χ3v) is 4.22. The first-order chi connectivity index (χ1) is 14.0. The highest BCUT2D eigenvalue weighted by molar-refractivity contribution is 6.18. The van der Waals surface area contributed by atoms with E-state index in [1.807, 2.05) is 30.3 Å². The first kappa shape index (κ1) is 22.2. The van der Waals surface area contributed by atoms with Gasteiger partial charge in [0.25, 0.3) is 0 Å². The minimum absolute atomic E-state index is 0.0667. The van der Waals surface area contributed by atoms with Gasteiger partial charge in [-0.05, 0) is 29.7 Å². The van der Waals surface area contributed by atoms with E-state index < -0.39 is 18.1 Å². The van der Waals surface area contributed by atoms with Gasteiger partial charge < -0.3 is 20.1 Å². The number of nitrogens with one attached hydrogen (secondary N) is 2. The summed E-state index contributed by atoms with van der Waals surface area (Å²) in [6.07, 6.45) is 0.0889. The number of rotatable bonds is 9. The van der Waals surface area contributed by atoms with Crippen molar-refractivity contribution in [2.24, 2.45) is 0 Å². The third-order valence-electron chi connectivity index (χ3n) is 3.95. The Hall–Kier alpha value is -3.06. The van der Waals surface area contributed by atoms with Gasteiger partial charge in [-0.1, -0.05) is 42.5 Å². The number of hydrogen-bond acceptors (Lipinski definition) is 5. The van der Waals surface area contributed by atoms with E-state index >= 15 is 0 Å². The van der Waals surface area contributed by atoms with Crippen molar-refractivity contribution in [3.63, 3.8) is 0 Å². The molecule has 0 radical (unpaired) electrons. The molecule has 0 saturated heterocycles. The van der Waals surface area contributed by atoms with Crippen molar-refractivity contribution in [1.29, 1.82) is 0 Å². The third kappa shape index (κ3) is 7.46. The van der Waals surface area contributed by atoms with Gasteiger partial charge in [-0.3, -0.25) is 4.79 Å². The zero-order chi connectivity index (χ0) is 21.1. The minimum atomic E-state index is -1.08. The van der Waals surface area contributed by atoms with Crippen LogP contribution in [0.15, 0.2) is 54.6 Å². The Kier molecular flexibility index (Phi) is 8.98. The molecule has 0 bridgehead atoms. The van der Waals surface area contributed by atoms with Crippen LogP contribution in [0.5, 0.6) is 0 Å². The maximum Gasteiger partial charge on any atom is 0.408 e. The Morgan fingerprint density at radius 1 is 1.07 bits per heavy atom. The number of halogens is 1. The average molecular weight is 419 g/mol. The lowest BCUT2D eigenvalue weighted by molar-refractivity contribution is -0.143. The fourth-order valence-corrected chi connectivity index (χ4v) is 2.66. The normalized spacial score (nSPS) is 11.2. The van der Waals surface area contributed by atoms with Gasteiger partial charge >= 0.3 is 12.1 Å². The molecule has 0 spiro atoms. The van der Waals surface area contributed by atoms with E-state index in [0.29, 0.717) is 23.6 Å². The van der Waals surface area contributed by atoms with Crippen molar-refractivity contribution in [3.05, 3.63) is 65.7 Å². The summed E-state index contributed by atoms with van der Waals surface area (Å²) in [6.45, 7) is 0.0667. The molecule has 2 rings (SSSR count). The fraction of sp³-hybridized carbons (Fsp3) is 0.286. The number of carbonyl (C=O) groups is 3. The summed E-state index contributed by atoms with van der Waals surface area (Å²) < 4.78 is 9.97. The molecule has 7 nitrogen and oxygen atoms in total. The molecule has 2 N–H and O–H groups in total. The van der Waals surface area contributed by atoms with Gasteiger partial charge in [-0.15, -0.1) is 11.6 Å². The van der Waals surface area contributed by atoms with Crippen LogP contribution in [0.4, 0.5) is 10.5 Å². The van der Waals surface area contributed by atoms with Crippen molar-refractivity contribution in [2.45, 2.75) is 25.5 Å². The van der Waals surface area contributed by atoms with Crippen molar-refractivity contribution in [3.8, 4) is 0 Å². The summed E-state index contributed by atoms with van der Waals surface area (Å²) in [5, 5.41) is 5.24. The summed E-state index contributed by atoms with van der Waals surface area (Å²) in [5.74, 6) is -0.452. The maximum absolute atomic E-state index is 12.2. The van der Waals surface area contributed by atoms with E-state index in [4.69, 9.17) is 21.1 Å². The molecule has 0 saturated carbocycles. The van der Waals surface area contributed by atoms with Crippen LogP contribution in [0, 0.1) is 0 Å². The summed E-state index contributed by atoms with van der Waals surface area (Å²) in [7, 11) is 1.23. The predicted molar refractivity (Wildman–Crippen MR) is 110 cm³/mol. The van der Waals surface area contributed by atoms with E-state index in [-0.39, 0.29) is 18.9 Å². The largest absolute Gasteiger partial charge is 0.467 e. The number of ether oxygens (including phenoxy) is 2. The highest BCUT2D eigenvalue weighted by Crippen LogP contribution is 2.20. The van der Waals surface area contributed by atoms with Gasteiger partial charge in [0.1, 0.15) is 6.61 Å². The molecule has 2 aromatic carbocycles. The fourth-order valence-electron chi connectivity index (χ4n) is 2.53. The zero-order valence-electron chi connectivity index (χ0n) is 16.0. The predicted octanol–water partition coefficient (Wildman–Crippen LogP) is 3.78. The number of amides is 2. The molecule has 0 aromatic heterocycles. The summed E-state index contributed by atoms with van der Waals surface area (Å²) in [4.78, 5) is 36.3. The second-order valence-corrected chi connectivity index (χ2v) is 6.51. The minimum Gasteiger partial charge on any atom is -0.467 e. The molecule has 29 heavy (non-hydrogen) atoms. The van der Waals surface area contributed by atoms with E-state index in [2.05, 4.69) is 10.6 Å². The van der Waals surface area contributed by atoms with Crippen LogP contribution in [0.2, 0.25) is 0 Å². The molecule has 0 aliphatic heterocycles. The van der Waals surface area contributed by atoms with Crippen molar-refractivity contribution < 1.29 is 23.9 Å². The van der Waals surface area contributed by atoms with Crippen LogP contribution >= 0.6 is 11.6 Å². The summed E-state index contributed by atoms with van der Waals surface area (Å²) >= 11 is 5.60. The molecule has 2 amide bonds. The Labute approximate surface area is 174 Å². The number of carbonyl (C=O) groups excluding carboxylic acids is 3. The van der Waals surface area contributed by atoms with Crippen LogP contribution in [0.25, 0.3) is 0 Å². The molecule has 8 heteroatoms. The lowest BCUT2D eigenvalue weighted by atomic mass is 10.1. The lowest BCUT2D eigenvalue weighted by Crippen LogP contribution is -2.35. The molecule has 0 unspecified atom stereocenters. The molecular weight excluding hydrogens is 396 g/mol. The summed E-state index contributed by atoms with van der Waals surface area (Å²) in [5.41, 5.74) is 1.76. The molecule has 154 valence electrons. The average Bonchev–Trinajstić information content (AvgIpc) is 2.75. The van der Waals surface area contributed by atoms with Crippen LogP contribution in [-0.4, -0.2) is 31.0 Å². The number of esters is 1. The second kappa shape index (κ2) is 11.7. The number of methoxy groups -OCH3 is 1. The first-order valence-electron chi connectivity index (χ1n) is 9.04. The van der Waals surface area contributed by atoms with Crippen molar-refractivity contribution in [1.82, 2.24) is 5.32 Å². The molecule has 0 fully saturated rings. The number of hydrogen-bond donors (Lipinski definition) is 2. The molecule has 0 heterocycles. The maximum atomic E-state index is 12.2. The molecular formula is C21H23ClN2O5. The molecule has 0 aliphatic carbocycles. The van der Waals surface area contributed by atoms with Gasteiger partial charge in [0.2, 0.25) is 5.91 Å². The van der Waals surface area contributed by atoms with Crippen LogP contribution in [0.1, 0.15) is 30.0 Å². The van der Waals surface area contributed by atoms with Crippen molar-refractivity contribution in [2.75, 3.05) is 18.3 Å². The highest BCUT2D eigenvalue weighted by atomic mass is 35.5. The number of benzene rings is 2. The van der Waals surface area contributed by atoms with Crippen LogP contribution < -0.4 is 10.6 Å². The van der Waals surface area contributed by atoms with Crippen LogP contribution in [-0.2, 0) is 25.7 Å². The number of anilines is 1. The molecule has 2 aromatic rings. The van der Waals surface area contributed by atoms with Gasteiger partial charge in [0.05, 0.1) is 7.11 Å². The highest BCUT2D eigenvalue weighted by Gasteiger charge is 2.24. The van der Waals surface area contributed by atoms with Gasteiger partial charge in [-0.25, -0.2) is 9.59 Å². The van der Waals surface area contributed by atoms with Crippen LogP contribution in [0.3, 0.4) is 0 Å². The Morgan fingerprint density at radius 3 is 2.52 bits per heavy atom. The van der Waals surface area contributed by atoms with E-state index in [0.717, 1.165) is 5.56 Å². The van der Waals surface area contributed by atoms with Gasteiger partial charge in [0, 0.05) is 18.0 Å². The zero-order valence-corrected chi connectivity index (χ0v) is 16.8. The smallest absolute Gasteiger partial charge is 0.408 e. The van der Waals surface area contributed by atoms with E-state index in [9.17, 15) is 14.4 Å².